The summed E-state index contributed by atoms with van der Waals surface area (Å²) in [5.74, 6) is 0.861. The number of methoxy groups -OCH3 is 1. The zero-order valence-electron chi connectivity index (χ0n) is 16.1. The Morgan fingerprint density at radius 3 is 2.50 bits per heavy atom. The Balaban J connectivity index is 1.62. The third-order valence-electron chi connectivity index (χ3n) is 4.42. The molecule has 146 valence electrons. The van der Waals surface area contributed by atoms with Crippen LogP contribution in [0.2, 0.25) is 0 Å². The summed E-state index contributed by atoms with van der Waals surface area (Å²) in [7, 11) is 3.30. The van der Waals surface area contributed by atoms with Crippen LogP contribution in [0.25, 0.3) is 5.69 Å². The summed E-state index contributed by atoms with van der Waals surface area (Å²) >= 11 is 0. The molecule has 6 nitrogen and oxygen atoms in total. The monoisotopic (exact) mass is 383 g/mol. The number of carbonyl (C=O) groups is 1. The number of amides is 1. The third kappa shape index (κ3) is 4.14. The Kier molecular flexibility index (Phi) is 5.93. The first kappa shape index (κ1) is 19.4. The van der Waals surface area contributed by atoms with Gasteiger partial charge in [-0.2, -0.15) is 5.10 Å². The number of nitrogens with zero attached hydrogens (tertiary/aromatic N) is 3. The minimum atomic E-state index is -0.394. The Morgan fingerprint density at radius 1 is 1.14 bits per heavy atom. The fourth-order valence-electron chi connectivity index (χ4n) is 2.77. The molecule has 0 saturated carbocycles. The molecule has 28 heavy (non-hydrogen) atoms. The van der Waals surface area contributed by atoms with Crippen molar-refractivity contribution in [3.8, 4) is 17.2 Å². The summed E-state index contributed by atoms with van der Waals surface area (Å²) in [6.07, 6.45) is 1.46. The molecule has 3 aromatic rings. The summed E-state index contributed by atoms with van der Waals surface area (Å²) < 4.78 is 26.2. The SMILES string of the molecule is COc1ccc(OCCN(C)C(=O)c2cnn(-c3ccccc3F)c2C)cc1. The Labute approximate surface area is 163 Å². The van der Waals surface area contributed by atoms with Crippen LogP contribution in [0.15, 0.2) is 54.7 Å². The number of rotatable bonds is 7. The lowest BCUT2D eigenvalue weighted by atomic mass is 10.2. The van der Waals surface area contributed by atoms with Gasteiger partial charge < -0.3 is 14.4 Å². The average Bonchev–Trinajstić information content (AvgIpc) is 3.09. The van der Waals surface area contributed by atoms with Crippen LogP contribution in [-0.2, 0) is 0 Å². The molecule has 0 unspecified atom stereocenters. The molecule has 0 aliphatic heterocycles. The van der Waals surface area contributed by atoms with Crippen LogP contribution < -0.4 is 9.47 Å². The van der Waals surface area contributed by atoms with Gasteiger partial charge in [0.25, 0.3) is 5.91 Å². The summed E-state index contributed by atoms with van der Waals surface area (Å²) in [6.45, 7) is 2.48. The van der Waals surface area contributed by atoms with E-state index < -0.39 is 5.82 Å². The fraction of sp³-hybridized carbons (Fsp3) is 0.238. The van der Waals surface area contributed by atoms with Crippen molar-refractivity contribution in [3.63, 3.8) is 0 Å². The molecule has 0 aliphatic carbocycles. The second-order valence-electron chi connectivity index (χ2n) is 6.26. The second kappa shape index (κ2) is 8.56. The molecule has 1 amide bonds. The van der Waals surface area contributed by atoms with Crippen molar-refractivity contribution in [2.24, 2.45) is 0 Å². The van der Waals surface area contributed by atoms with Crippen LogP contribution in [0.1, 0.15) is 16.1 Å². The maximum Gasteiger partial charge on any atom is 0.257 e. The molecule has 0 saturated heterocycles. The van der Waals surface area contributed by atoms with E-state index in [1.165, 1.54) is 16.9 Å². The topological polar surface area (TPSA) is 56.6 Å². The smallest absolute Gasteiger partial charge is 0.257 e. The highest BCUT2D eigenvalue weighted by Gasteiger charge is 2.19. The molecule has 0 bridgehead atoms. The Hall–Kier alpha value is -3.35. The fourth-order valence-corrected chi connectivity index (χ4v) is 2.77. The number of para-hydroxylation sites is 1. The number of hydrogen-bond donors (Lipinski definition) is 0. The number of likely N-dealkylation sites (N-methyl/N-ethyl adjacent to an activating group) is 1. The Morgan fingerprint density at radius 2 is 1.82 bits per heavy atom. The lowest BCUT2D eigenvalue weighted by Crippen LogP contribution is -2.31. The maximum atomic E-state index is 14.0. The summed E-state index contributed by atoms with van der Waals surface area (Å²) in [6, 6.07) is 13.6. The van der Waals surface area contributed by atoms with Crippen LogP contribution in [0.4, 0.5) is 4.39 Å². The zero-order chi connectivity index (χ0) is 20.1. The van der Waals surface area contributed by atoms with E-state index in [1.54, 1.807) is 44.2 Å². The predicted octanol–water partition coefficient (Wildman–Crippen LogP) is 3.48. The highest BCUT2D eigenvalue weighted by molar-refractivity contribution is 5.95. The Bertz CT molecular complexity index is 954. The van der Waals surface area contributed by atoms with Gasteiger partial charge in [0.15, 0.2) is 0 Å². The number of benzene rings is 2. The molecule has 0 N–H and O–H groups in total. The van der Waals surface area contributed by atoms with Gasteiger partial charge in [0.1, 0.15) is 29.6 Å². The van der Waals surface area contributed by atoms with Gasteiger partial charge in [-0.05, 0) is 43.3 Å². The number of halogens is 1. The van der Waals surface area contributed by atoms with E-state index in [-0.39, 0.29) is 5.91 Å². The molecule has 1 heterocycles. The van der Waals surface area contributed by atoms with Crippen LogP contribution in [0, 0.1) is 12.7 Å². The van der Waals surface area contributed by atoms with Crippen molar-refractivity contribution in [2.45, 2.75) is 6.92 Å². The lowest BCUT2D eigenvalue weighted by molar-refractivity contribution is 0.0773. The number of hydrogen-bond acceptors (Lipinski definition) is 4. The maximum absolute atomic E-state index is 14.0. The van der Waals surface area contributed by atoms with Gasteiger partial charge in [-0.25, -0.2) is 9.07 Å². The molecular formula is C21H22FN3O3. The molecule has 0 aliphatic rings. The van der Waals surface area contributed by atoms with Gasteiger partial charge >= 0.3 is 0 Å². The van der Waals surface area contributed by atoms with Crippen LogP contribution in [-0.4, -0.2) is 47.9 Å². The van der Waals surface area contributed by atoms with E-state index in [4.69, 9.17) is 9.47 Å². The molecule has 0 spiro atoms. The van der Waals surface area contributed by atoms with Crippen LogP contribution in [0.3, 0.4) is 0 Å². The first-order chi connectivity index (χ1) is 13.5. The highest BCUT2D eigenvalue weighted by Crippen LogP contribution is 2.19. The molecule has 3 rings (SSSR count). The van der Waals surface area contributed by atoms with Crippen molar-refractivity contribution in [3.05, 3.63) is 71.8 Å². The summed E-state index contributed by atoms with van der Waals surface area (Å²) in [4.78, 5) is 14.3. The van der Waals surface area contributed by atoms with E-state index in [2.05, 4.69) is 5.10 Å². The van der Waals surface area contributed by atoms with Gasteiger partial charge in [-0.1, -0.05) is 12.1 Å². The van der Waals surface area contributed by atoms with E-state index >= 15 is 0 Å². The lowest BCUT2D eigenvalue weighted by Gasteiger charge is -2.17. The van der Waals surface area contributed by atoms with Crippen molar-refractivity contribution in [2.75, 3.05) is 27.3 Å². The first-order valence-corrected chi connectivity index (χ1v) is 8.83. The van der Waals surface area contributed by atoms with E-state index in [9.17, 15) is 9.18 Å². The second-order valence-corrected chi connectivity index (χ2v) is 6.26. The molecule has 0 fully saturated rings. The third-order valence-corrected chi connectivity index (χ3v) is 4.42. The minimum absolute atomic E-state index is 0.196. The number of aromatic nitrogens is 2. The van der Waals surface area contributed by atoms with Crippen LogP contribution in [0.5, 0.6) is 11.5 Å². The molecule has 0 atom stereocenters. The van der Waals surface area contributed by atoms with Crippen molar-refractivity contribution in [1.29, 1.82) is 0 Å². The number of carbonyl (C=O) groups excluding carboxylic acids is 1. The van der Waals surface area contributed by atoms with Gasteiger partial charge in [0.2, 0.25) is 0 Å². The van der Waals surface area contributed by atoms with Crippen molar-refractivity contribution in [1.82, 2.24) is 14.7 Å². The van der Waals surface area contributed by atoms with Crippen molar-refractivity contribution >= 4 is 5.91 Å². The summed E-state index contributed by atoms with van der Waals surface area (Å²) in [5, 5.41) is 4.18. The van der Waals surface area contributed by atoms with Gasteiger partial charge in [-0.3, -0.25) is 4.79 Å². The van der Waals surface area contributed by atoms with E-state index in [0.717, 1.165) is 5.75 Å². The summed E-state index contributed by atoms with van der Waals surface area (Å²) in [5.41, 5.74) is 1.32. The largest absolute Gasteiger partial charge is 0.497 e. The molecule has 1 aromatic heterocycles. The predicted molar refractivity (Wildman–Crippen MR) is 104 cm³/mol. The molecule has 2 aromatic carbocycles. The normalized spacial score (nSPS) is 10.6. The standard InChI is InChI=1S/C21H22FN3O3/c1-15-18(14-23-25(15)20-7-5-4-6-19(20)22)21(26)24(2)12-13-28-17-10-8-16(27-3)9-11-17/h4-11,14H,12-13H2,1-3H3. The van der Waals surface area contributed by atoms with E-state index in [1.807, 2.05) is 24.3 Å². The molecule has 7 heteroatoms. The number of ether oxygens (including phenoxy) is 2. The molecule has 0 radical (unpaired) electrons. The quantitative estimate of drug-likeness (QED) is 0.627. The van der Waals surface area contributed by atoms with E-state index in [0.29, 0.717) is 35.8 Å². The minimum Gasteiger partial charge on any atom is -0.497 e. The van der Waals surface area contributed by atoms with Crippen LogP contribution >= 0.6 is 0 Å². The first-order valence-electron chi connectivity index (χ1n) is 8.83. The molecular weight excluding hydrogens is 361 g/mol. The highest BCUT2D eigenvalue weighted by atomic mass is 19.1. The van der Waals surface area contributed by atoms with Gasteiger partial charge in [-0.15, -0.1) is 0 Å². The van der Waals surface area contributed by atoms with Gasteiger partial charge in [0, 0.05) is 7.05 Å². The van der Waals surface area contributed by atoms with Crippen molar-refractivity contribution < 1.29 is 18.7 Å². The zero-order valence-corrected chi connectivity index (χ0v) is 16.1. The average molecular weight is 383 g/mol. The van der Waals surface area contributed by atoms with Gasteiger partial charge in [0.05, 0.1) is 31.1 Å².